The van der Waals surface area contributed by atoms with Crippen LogP contribution in [0.3, 0.4) is 0 Å². The minimum absolute atomic E-state index is 0.155. The smallest absolute Gasteiger partial charge is 0.234 e. The Bertz CT molecular complexity index is 931. The number of aromatic amines is 1. The molecule has 0 saturated heterocycles. The van der Waals surface area contributed by atoms with Gasteiger partial charge in [0.05, 0.1) is 23.6 Å². The molecule has 3 aromatic rings. The molecule has 0 aliphatic heterocycles. The summed E-state index contributed by atoms with van der Waals surface area (Å²) < 4.78 is 5.14. The Morgan fingerprint density at radius 1 is 1.22 bits per heavy atom. The molecule has 0 saturated carbocycles. The fraction of sp³-hybridized carbons (Fsp3) is 0.167. The minimum atomic E-state index is -0.217. The van der Waals surface area contributed by atoms with Gasteiger partial charge in [0.2, 0.25) is 11.1 Å². The molecular formula is C18H16Cl2N4O2S. The van der Waals surface area contributed by atoms with Crippen LogP contribution in [-0.4, -0.2) is 34.0 Å². The zero-order valence-corrected chi connectivity index (χ0v) is 16.7. The second kappa shape index (κ2) is 9.12. The van der Waals surface area contributed by atoms with Gasteiger partial charge in [-0.25, -0.2) is 4.98 Å². The Kier molecular flexibility index (Phi) is 6.60. The topological polar surface area (TPSA) is 79.9 Å². The van der Waals surface area contributed by atoms with Gasteiger partial charge in [-0.05, 0) is 35.9 Å². The number of H-pyrrole nitrogens is 1. The Hall–Kier alpha value is -2.22. The second-order valence-electron chi connectivity index (χ2n) is 5.55. The highest BCUT2D eigenvalue weighted by Gasteiger charge is 2.10. The molecule has 1 aromatic heterocycles. The van der Waals surface area contributed by atoms with E-state index in [0.717, 1.165) is 17.1 Å². The first kappa shape index (κ1) is 19.5. The molecule has 0 spiro atoms. The molecule has 1 heterocycles. The van der Waals surface area contributed by atoms with Gasteiger partial charge in [-0.15, -0.1) is 5.10 Å². The normalized spacial score (nSPS) is 10.6. The largest absolute Gasteiger partial charge is 0.497 e. The number of carbonyl (C=O) groups excluding carboxylic acids is 1. The Labute approximate surface area is 170 Å². The van der Waals surface area contributed by atoms with E-state index >= 15 is 0 Å². The molecule has 1 amide bonds. The molecule has 0 fully saturated rings. The number of methoxy groups -OCH3 is 1. The number of anilines is 1. The maximum Gasteiger partial charge on any atom is 0.234 e. The summed E-state index contributed by atoms with van der Waals surface area (Å²) in [4.78, 5) is 16.5. The van der Waals surface area contributed by atoms with Gasteiger partial charge in [-0.2, -0.15) is 0 Å². The lowest BCUT2D eigenvalue weighted by atomic mass is 10.1. The van der Waals surface area contributed by atoms with Crippen LogP contribution in [0.25, 0.3) is 0 Å². The van der Waals surface area contributed by atoms with Crippen molar-refractivity contribution in [2.45, 2.75) is 11.6 Å². The van der Waals surface area contributed by atoms with Crippen molar-refractivity contribution in [1.82, 2.24) is 15.2 Å². The van der Waals surface area contributed by atoms with Crippen LogP contribution in [0.1, 0.15) is 11.4 Å². The summed E-state index contributed by atoms with van der Waals surface area (Å²) in [5.41, 5.74) is 1.56. The first-order valence-corrected chi connectivity index (χ1v) is 9.69. The highest BCUT2D eigenvalue weighted by Crippen LogP contribution is 2.26. The number of carbonyl (C=O) groups is 1. The van der Waals surface area contributed by atoms with Gasteiger partial charge in [0.1, 0.15) is 11.6 Å². The van der Waals surface area contributed by atoms with Gasteiger partial charge in [-0.1, -0.05) is 47.1 Å². The van der Waals surface area contributed by atoms with Gasteiger partial charge < -0.3 is 10.1 Å². The first-order valence-electron chi connectivity index (χ1n) is 7.95. The van der Waals surface area contributed by atoms with Crippen LogP contribution in [0.5, 0.6) is 5.75 Å². The number of rotatable bonds is 7. The molecule has 2 aromatic carbocycles. The van der Waals surface area contributed by atoms with Crippen LogP contribution < -0.4 is 10.1 Å². The number of ether oxygens (including phenoxy) is 1. The summed E-state index contributed by atoms with van der Waals surface area (Å²) in [5, 5.41) is 11.2. The minimum Gasteiger partial charge on any atom is -0.497 e. The summed E-state index contributed by atoms with van der Waals surface area (Å²) in [6.07, 6.45) is 0.613. The SMILES string of the molecule is COc1ccc(Cc2nc(SCC(=O)Nc3cc(Cl)ccc3Cl)n[nH]2)cc1. The van der Waals surface area contributed by atoms with Gasteiger partial charge >= 0.3 is 0 Å². The van der Waals surface area contributed by atoms with E-state index in [-0.39, 0.29) is 11.7 Å². The Balaban J connectivity index is 1.52. The van der Waals surface area contributed by atoms with Crippen molar-refractivity contribution in [1.29, 1.82) is 0 Å². The fourth-order valence-electron chi connectivity index (χ4n) is 2.27. The monoisotopic (exact) mass is 422 g/mol. The molecule has 0 aliphatic rings. The van der Waals surface area contributed by atoms with Crippen LogP contribution >= 0.6 is 35.0 Å². The standard InChI is InChI=1S/C18H16Cl2N4O2S/c1-26-13-5-2-11(3-6-13)8-16-22-18(24-23-16)27-10-17(25)21-15-9-12(19)4-7-14(15)20/h2-7,9H,8,10H2,1H3,(H,21,25)(H,22,23,24). The van der Waals surface area contributed by atoms with Crippen LogP contribution in [0.4, 0.5) is 5.69 Å². The number of thioether (sulfide) groups is 1. The summed E-state index contributed by atoms with van der Waals surface area (Å²) in [6, 6.07) is 12.6. The van der Waals surface area contributed by atoms with Crippen molar-refractivity contribution >= 4 is 46.6 Å². The lowest BCUT2D eigenvalue weighted by Crippen LogP contribution is -2.14. The lowest BCUT2D eigenvalue weighted by molar-refractivity contribution is -0.113. The van der Waals surface area contributed by atoms with Crippen LogP contribution in [0.15, 0.2) is 47.6 Å². The zero-order valence-electron chi connectivity index (χ0n) is 14.3. The van der Waals surface area contributed by atoms with E-state index in [0.29, 0.717) is 27.3 Å². The molecule has 0 atom stereocenters. The van der Waals surface area contributed by atoms with Gasteiger partial charge in [0.15, 0.2) is 0 Å². The fourth-order valence-corrected chi connectivity index (χ4v) is 3.22. The van der Waals surface area contributed by atoms with E-state index in [1.165, 1.54) is 11.8 Å². The molecule has 140 valence electrons. The van der Waals surface area contributed by atoms with E-state index in [1.807, 2.05) is 24.3 Å². The number of hydrogen-bond acceptors (Lipinski definition) is 5. The first-order chi connectivity index (χ1) is 13.0. The van der Waals surface area contributed by atoms with Gasteiger partial charge in [0.25, 0.3) is 0 Å². The predicted molar refractivity (Wildman–Crippen MR) is 108 cm³/mol. The van der Waals surface area contributed by atoms with Crippen molar-refractivity contribution in [3.63, 3.8) is 0 Å². The summed E-state index contributed by atoms with van der Waals surface area (Å²) >= 11 is 13.2. The number of aromatic nitrogens is 3. The number of nitrogens with one attached hydrogen (secondary N) is 2. The predicted octanol–water partition coefficient (Wildman–Crippen LogP) is 4.44. The molecule has 6 nitrogen and oxygen atoms in total. The van der Waals surface area contributed by atoms with Crippen LogP contribution in [-0.2, 0) is 11.2 Å². The number of benzene rings is 2. The highest BCUT2D eigenvalue weighted by molar-refractivity contribution is 7.99. The number of amides is 1. The Morgan fingerprint density at radius 3 is 2.74 bits per heavy atom. The third-order valence-corrected chi connectivity index (χ3v) is 4.99. The third kappa shape index (κ3) is 5.63. The highest BCUT2D eigenvalue weighted by atomic mass is 35.5. The lowest BCUT2D eigenvalue weighted by Gasteiger charge is -2.06. The maximum atomic E-state index is 12.1. The van der Waals surface area contributed by atoms with Crippen LogP contribution in [0, 0.1) is 0 Å². The van der Waals surface area contributed by atoms with E-state index < -0.39 is 0 Å². The average molecular weight is 423 g/mol. The van der Waals surface area contributed by atoms with Crippen molar-refractivity contribution in [2.24, 2.45) is 0 Å². The molecule has 0 aliphatic carbocycles. The number of halogens is 2. The molecule has 3 rings (SSSR count). The van der Waals surface area contributed by atoms with E-state index in [1.54, 1.807) is 25.3 Å². The summed E-state index contributed by atoms with van der Waals surface area (Å²) in [7, 11) is 1.63. The van der Waals surface area contributed by atoms with Crippen LogP contribution in [0.2, 0.25) is 10.0 Å². The molecule has 0 radical (unpaired) electrons. The van der Waals surface area contributed by atoms with E-state index in [4.69, 9.17) is 27.9 Å². The van der Waals surface area contributed by atoms with Crippen molar-refractivity contribution < 1.29 is 9.53 Å². The maximum absolute atomic E-state index is 12.1. The Morgan fingerprint density at radius 2 is 2.00 bits per heavy atom. The number of hydrogen-bond donors (Lipinski definition) is 2. The van der Waals surface area contributed by atoms with E-state index in [9.17, 15) is 4.79 Å². The quantitative estimate of drug-likeness (QED) is 0.550. The van der Waals surface area contributed by atoms with Gasteiger partial charge in [-0.3, -0.25) is 9.89 Å². The second-order valence-corrected chi connectivity index (χ2v) is 7.34. The van der Waals surface area contributed by atoms with Gasteiger partial charge in [0, 0.05) is 11.4 Å². The van der Waals surface area contributed by atoms with Crippen molar-refractivity contribution in [3.05, 3.63) is 63.9 Å². The molecular weight excluding hydrogens is 407 g/mol. The molecule has 2 N–H and O–H groups in total. The zero-order chi connectivity index (χ0) is 19.2. The average Bonchev–Trinajstić information content (AvgIpc) is 3.11. The molecule has 0 unspecified atom stereocenters. The summed E-state index contributed by atoms with van der Waals surface area (Å²) in [5.74, 6) is 1.47. The molecule has 27 heavy (non-hydrogen) atoms. The molecule has 9 heteroatoms. The van der Waals surface area contributed by atoms with Crippen molar-refractivity contribution in [3.8, 4) is 5.75 Å². The van der Waals surface area contributed by atoms with E-state index in [2.05, 4.69) is 20.5 Å². The number of nitrogens with zero attached hydrogens (tertiary/aromatic N) is 2. The third-order valence-electron chi connectivity index (χ3n) is 3.58. The van der Waals surface area contributed by atoms with Crippen molar-refractivity contribution in [2.75, 3.05) is 18.2 Å². The summed E-state index contributed by atoms with van der Waals surface area (Å²) in [6.45, 7) is 0. The molecule has 0 bridgehead atoms.